The number of aromatic nitrogens is 5. The Hall–Kier alpha value is -2.41. The molecule has 7 nitrogen and oxygen atoms in total. The molecule has 0 aliphatic carbocycles. The Labute approximate surface area is 144 Å². The van der Waals surface area contributed by atoms with E-state index in [4.69, 9.17) is 11.6 Å². The fraction of sp³-hybridized carbons (Fsp3) is 0.375. The zero-order chi connectivity index (χ0) is 16.7. The summed E-state index contributed by atoms with van der Waals surface area (Å²) in [5.74, 6) is 0.856. The van der Waals surface area contributed by atoms with Gasteiger partial charge in [0, 0.05) is 32.4 Å². The van der Waals surface area contributed by atoms with Crippen LogP contribution in [-0.2, 0) is 0 Å². The minimum Gasteiger partial charge on any atom is -0.365 e. The lowest BCUT2D eigenvalue weighted by Crippen LogP contribution is -2.47. The van der Waals surface area contributed by atoms with Gasteiger partial charge >= 0.3 is 0 Å². The van der Waals surface area contributed by atoms with Crippen molar-refractivity contribution in [3.63, 3.8) is 0 Å². The average molecular weight is 344 g/mol. The van der Waals surface area contributed by atoms with E-state index in [0.29, 0.717) is 5.02 Å². The number of halogens is 1. The van der Waals surface area contributed by atoms with Gasteiger partial charge in [-0.05, 0) is 31.5 Å². The maximum atomic E-state index is 6.27. The summed E-state index contributed by atoms with van der Waals surface area (Å²) in [7, 11) is 0. The molecule has 3 aromatic heterocycles. The highest BCUT2D eigenvalue weighted by Crippen LogP contribution is 2.29. The van der Waals surface area contributed by atoms with Crippen LogP contribution in [0.25, 0.3) is 5.65 Å². The van der Waals surface area contributed by atoms with E-state index < -0.39 is 0 Å². The first-order valence-electron chi connectivity index (χ1n) is 7.93. The van der Waals surface area contributed by atoms with Gasteiger partial charge in [-0.15, -0.1) is 10.2 Å². The third-order valence-electron chi connectivity index (χ3n) is 4.53. The number of piperazine rings is 1. The molecule has 1 saturated heterocycles. The van der Waals surface area contributed by atoms with Crippen molar-refractivity contribution in [3.8, 4) is 0 Å². The van der Waals surface area contributed by atoms with E-state index in [9.17, 15) is 0 Å². The van der Waals surface area contributed by atoms with Crippen molar-refractivity contribution >= 4 is 28.8 Å². The molecule has 0 N–H and O–H groups in total. The van der Waals surface area contributed by atoms with Crippen LogP contribution in [0.4, 0.5) is 11.5 Å². The molecule has 0 bridgehead atoms. The average Bonchev–Trinajstić information content (AvgIpc) is 3.04. The standard InChI is InChI=1S/C16H18ClN7/c1-11-12(2)21-24-10-19-20-16(24)14(11)22-6-8-23(9-7-22)15-13(17)4-3-5-18-15/h3-5,10H,6-9H2,1-2H3. The van der Waals surface area contributed by atoms with Crippen LogP contribution in [0.3, 0.4) is 0 Å². The van der Waals surface area contributed by atoms with Crippen LogP contribution in [-0.4, -0.2) is 51.0 Å². The Morgan fingerprint density at radius 1 is 1.08 bits per heavy atom. The lowest BCUT2D eigenvalue weighted by Gasteiger charge is -2.37. The molecule has 0 saturated carbocycles. The number of anilines is 2. The van der Waals surface area contributed by atoms with Crippen molar-refractivity contribution in [1.82, 2.24) is 24.8 Å². The predicted molar refractivity (Wildman–Crippen MR) is 93.9 cm³/mol. The molecule has 4 heterocycles. The SMILES string of the molecule is Cc1nn2cnnc2c(N2CCN(c3ncccc3Cl)CC2)c1C. The number of hydrogen-bond donors (Lipinski definition) is 0. The van der Waals surface area contributed by atoms with Gasteiger partial charge in [-0.1, -0.05) is 11.6 Å². The Bertz CT molecular complexity index is 883. The van der Waals surface area contributed by atoms with Crippen LogP contribution in [0, 0.1) is 13.8 Å². The van der Waals surface area contributed by atoms with Crippen molar-refractivity contribution in [1.29, 1.82) is 0 Å². The van der Waals surface area contributed by atoms with Gasteiger partial charge in [0.25, 0.3) is 0 Å². The number of pyridine rings is 1. The van der Waals surface area contributed by atoms with Crippen molar-refractivity contribution in [2.24, 2.45) is 0 Å². The number of nitrogens with zero attached hydrogens (tertiary/aromatic N) is 7. The van der Waals surface area contributed by atoms with E-state index in [1.807, 2.05) is 19.1 Å². The van der Waals surface area contributed by atoms with Crippen molar-refractivity contribution in [2.75, 3.05) is 36.0 Å². The van der Waals surface area contributed by atoms with E-state index in [1.54, 1.807) is 17.0 Å². The first kappa shape index (κ1) is 15.1. The molecule has 0 atom stereocenters. The molecule has 8 heteroatoms. The lowest BCUT2D eigenvalue weighted by molar-refractivity contribution is 0.645. The molecule has 3 aromatic rings. The highest BCUT2D eigenvalue weighted by Gasteiger charge is 2.24. The Morgan fingerprint density at radius 3 is 2.58 bits per heavy atom. The lowest BCUT2D eigenvalue weighted by atomic mass is 10.1. The monoisotopic (exact) mass is 343 g/mol. The van der Waals surface area contributed by atoms with E-state index >= 15 is 0 Å². The van der Waals surface area contributed by atoms with Gasteiger partial charge in [-0.3, -0.25) is 0 Å². The van der Waals surface area contributed by atoms with Gasteiger partial charge < -0.3 is 9.80 Å². The van der Waals surface area contributed by atoms with Gasteiger partial charge in [0.1, 0.15) is 12.1 Å². The van der Waals surface area contributed by atoms with Gasteiger partial charge in [0.2, 0.25) is 5.65 Å². The van der Waals surface area contributed by atoms with Crippen molar-refractivity contribution < 1.29 is 0 Å². The molecule has 124 valence electrons. The summed E-state index contributed by atoms with van der Waals surface area (Å²) >= 11 is 6.27. The minimum absolute atomic E-state index is 0.696. The molecule has 24 heavy (non-hydrogen) atoms. The smallest absolute Gasteiger partial charge is 0.201 e. The molecule has 0 unspecified atom stereocenters. The van der Waals surface area contributed by atoms with Crippen LogP contribution < -0.4 is 9.80 Å². The van der Waals surface area contributed by atoms with Crippen LogP contribution in [0.1, 0.15) is 11.3 Å². The number of rotatable bonds is 2. The van der Waals surface area contributed by atoms with Gasteiger partial charge in [0.15, 0.2) is 0 Å². The molecule has 1 aliphatic rings. The Balaban J connectivity index is 1.62. The van der Waals surface area contributed by atoms with Crippen LogP contribution in [0.2, 0.25) is 5.02 Å². The number of hydrogen-bond acceptors (Lipinski definition) is 6. The fourth-order valence-electron chi connectivity index (χ4n) is 3.17. The van der Waals surface area contributed by atoms with Crippen LogP contribution in [0.5, 0.6) is 0 Å². The van der Waals surface area contributed by atoms with Crippen LogP contribution in [0.15, 0.2) is 24.7 Å². The number of aryl methyl sites for hydroxylation is 1. The molecule has 0 radical (unpaired) electrons. The molecular weight excluding hydrogens is 326 g/mol. The van der Waals surface area contributed by atoms with Crippen molar-refractivity contribution in [3.05, 3.63) is 40.9 Å². The highest BCUT2D eigenvalue weighted by molar-refractivity contribution is 6.32. The van der Waals surface area contributed by atoms with Crippen LogP contribution >= 0.6 is 11.6 Å². The van der Waals surface area contributed by atoms with E-state index in [-0.39, 0.29) is 0 Å². The van der Waals surface area contributed by atoms with E-state index in [0.717, 1.165) is 54.6 Å². The van der Waals surface area contributed by atoms with Gasteiger partial charge in [0.05, 0.1) is 16.4 Å². The topological polar surface area (TPSA) is 62.5 Å². The molecular formula is C16H18ClN7. The molecule has 4 rings (SSSR count). The third-order valence-corrected chi connectivity index (χ3v) is 4.83. The summed E-state index contributed by atoms with van der Waals surface area (Å²) in [4.78, 5) is 8.99. The summed E-state index contributed by atoms with van der Waals surface area (Å²) < 4.78 is 1.75. The summed E-state index contributed by atoms with van der Waals surface area (Å²) in [6.07, 6.45) is 3.43. The molecule has 1 aliphatic heterocycles. The summed E-state index contributed by atoms with van der Waals surface area (Å²) in [6, 6.07) is 3.74. The fourth-order valence-corrected chi connectivity index (χ4v) is 3.41. The minimum atomic E-state index is 0.696. The molecule has 0 amide bonds. The zero-order valence-electron chi connectivity index (χ0n) is 13.6. The number of fused-ring (bicyclic) bond motifs is 1. The van der Waals surface area contributed by atoms with E-state index in [1.165, 1.54) is 0 Å². The third kappa shape index (κ3) is 2.45. The quantitative estimate of drug-likeness (QED) is 0.710. The first-order valence-corrected chi connectivity index (χ1v) is 8.30. The first-order chi connectivity index (χ1) is 11.6. The summed E-state index contributed by atoms with van der Waals surface area (Å²) in [5.41, 5.74) is 4.07. The zero-order valence-corrected chi connectivity index (χ0v) is 14.4. The van der Waals surface area contributed by atoms with Gasteiger partial charge in [-0.2, -0.15) is 9.61 Å². The molecule has 0 aromatic carbocycles. The maximum Gasteiger partial charge on any atom is 0.201 e. The summed E-state index contributed by atoms with van der Waals surface area (Å²) in [6.45, 7) is 7.58. The van der Waals surface area contributed by atoms with Crippen molar-refractivity contribution in [2.45, 2.75) is 13.8 Å². The second-order valence-electron chi connectivity index (χ2n) is 5.94. The predicted octanol–water partition coefficient (Wildman–Crippen LogP) is 2.12. The largest absolute Gasteiger partial charge is 0.365 e. The molecule has 1 fully saturated rings. The molecule has 0 spiro atoms. The second-order valence-corrected chi connectivity index (χ2v) is 6.35. The second kappa shape index (κ2) is 5.90. The summed E-state index contributed by atoms with van der Waals surface area (Å²) in [5, 5.41) is 13.4. The van der Waals surface area contributed by atoms with E-state index in [2.05, 4.69) is 37.0 Å². The highest BCUT2D eigenvalue weighted by atomic mass is 35.5. The maximum absolute atomic E-state index is 6.27. The Kier molecular flexibility index (Phi) is 3.72. The Morgan fingerprint density at radius 2 is 1.83 bits per heavy atom. The van der Waals surface area contributed by atoms with Gasteiger partial charge in [-0.25, -0.2) is 4.98 Å². The normalized spacial score (nSPS) is 15.3.